The van der Waals surface area contributed by atoms with E-state index in [0.717, 1.165) is 31.5 Å². The van der Waals surface area contributed by atoms with Crippen molar-refractivity contribution in [3.8, 4) is 0 Å². The van der Waals surface area contributed by atoms with Crippen LogP contribution in [-0.2, 0) is 9.53 Å². The Bertz CT molecular complexity index is 577. The molecule has 20 heavy (non-hydrogen) atoms. The van der Waals surface area contributed by atoms with Crippen LogP contribution < -0.4 is 5.32 Å². The van der Waals surface area contributed by atoms with Crippen LogP contribution >= 0.6 is 0 Å². The maximum Gasteiger partial charge on any atom is 0.249 e. The molecule has 0 radical (unpaired) electrons. The number of aromatic nitrogens is 3. The topological polar surface area (TPSA) is 68.5 Å². The van der Waals surface area contributed by atoms with Crippen LogP contribution in [0.5, 0.6) is 0 Å². The summed E-state index contributed by atoms with van der Waals surface area (Å²) in [7, 11) is 0. The third-order valence-corrected chi connectivity index (χ3v) is 3.66. The molecule has 2 aromatic heterocycles. The zero-order chi connectivity index (χ0) is 13.9. The standard InChI is InChI=1S/C14H18N4O2/c1-2-11-10(6-5-9-20-11)13(19)16-14-15-12-7-3-4-8-18(12)17-14/h3-4,7-8,10-11H,2,5-6,9H2,1H3,(H,16,17,19)/t10-,11-/m1/s1. The SMILES string of the molecule is CC[C@H]1OCCC[C@H]1C(=O)Nc1nc2ccccn2n1. The first-order valence-corrected chi connectivity index (χ1v) is 7.02. The summed E-state index contributed by atoms with van der Waals surface area (Å²) in [4.78, 5) is 16.6. The summed E-state index contributed by atoms with van der Waals surface area (Å²) in [5.74, 6) is 0.189. The lowest BCUT2D eigenvalue weighted by Crippen LogP contribution is -2.38. The average Bonchev–Trinajstić information content (AvgIpc) is 2.89. The number of fused-ring (bicyclic) bond motifs is 1. The number of anilines is 1. The van der Waals surface area contributed by atoms with Crippen molar-refractivity contribution in [1.29, 1.82) is 0 Å². The quantitative estimate of drug-likeness (QED) is 0.927. The number of carbonyl (C=O) groups is 1. The molecule has 106 valence electrons. The number of rotatable bonds is 3. The highest BCUT2D eigenvalue weighted by molar-refractivity contribution is 5.91. The average molecular weight is 274 g/mol. The van der Waals surface area contributed by atoms with E-state index in [-0.39, 0.29) is 17.9 Å². The summed E-state index contributed by atoms with van der Waals surface area (Å²) < 4.78 is 7.29. The minimum Gasteiger partial charge on any atom is -0.377 e. The van der Waals surface area contributed by atoms with Crippen molar-refractivity contribution in [2.45, 2.75) is 32.3 Å². The van der Waals surface area contributed by atoms with E-state index in [0.29, 0.717) is 5.95 Å². The fourth-order valence-electron chi connectivity index (χ4n) is 2.63. The molecule has 0 unspecified atom stereocenters. The van der Waals surface area contributed by atoms with Crippen LogP contribution in [0, 0.1) is 5.92 Å². The largest absolute Gasteiger partial charge is 0.377 e. The number of ether oxygens (including phenoxy) is 1. The first-order valence-electron chi connectivity index (χ1n) is 7.02. The number of amides is 1. The minimum absolute atomic E-state index is 0.000724. The second-order valence-electron chi connectivity index (χ2n) is 4.99. The number of nitrogens with zero attached hydrogens (tertiary/aromatic N) is 3. The number of carbonyl (C=O) groups excluding carboxylic acids is 1. The number of nitrogens with one attached hydrogen (secondary N) is 1. The maximum atomic E-state index is 12.3. The van der Waals surface area contributed by atoms with Crippen molar-refractivity contribution in [2.75, 3.05) is 11.9 Å². The molecule has 3 rings (SSSR count). The summed E-state index contributed by atoms with van der Waals surface area (Å²) in [6, 6.07) is 5.61. The molecule has 1 N–H and O–H groups in total. The van der Waals surface area contributed by atoms with E-state index in [1.54, 1.807) is 10.7 Å². The molecule has 0 bridgehead atoms. The van der Waals surface area contributed by atoms with Crippen LogP contribution in [0.25, 0.3) is 5.65 Å². The Morgan fingerprint density at radius 2 is 2.45 bits per heavy atom. The lowest BCUT2D eigenvalue weighted by molar-refractivity contribution is -0.129. The molecule has 1 saturated heterocycles. The molecule has 1 amide bonds. The van der Waals surface area contributed by atoms with Crippen LogP contribution in [0.2, 0.25) is 0 Å². The first kappa shape index (κ1) is 13.1. The minimum atomic E-state index is -0.111. The number of hydrogen-bond acceptors (Lipinski definition) is 4. The van der Waals surface area contributed by atoms with Gasteiger partial charge in [0.2, 0.25) is 11.9 Å². The van der Waals surface area contributed by atoms with Gasteiger partial charge in [0.1, 0.15) is 0 Å². The van der Waals surface area contributed by atoms with Gasteiger partial charge in [0.05, 0.1) is 12.0 Å². The van der Waals surface area contributed by atoms with Crippen LogP contribution in [0.3, 0.4) is 0 Å². The highest BCUT2D eigenvalue weighted by atomic mass is 16.5. The van der Waals surface area contributed by atoms with E-state index in [9.17, 15) is 4.79 Å². The zero-order valence-electron chi connectivity index (χ0n) is 11.5. The lowest BCUT2D eigenvalue weighted by atomic mass is 9.92. The van der Waals surface area contributed by atoms with Gasteiger partial charge in [-0.25, -0.2) is 4.52 Å². The second-order valence-corrected chi connectivity index (χ2v) is 4.99. The molecule has 2 aromatic rings. The predicted molar refractivity (Wildman–Crippen MR) is 74.4 cm³/mol. The van der Waals surface area contributed by atoms with Crippen LogP contribution in [0.15, 0.2) is 24.4 Å². The van der Waals surface area contributed by atoms with E-state index in [2.05, 4.69) is 15.4 Å². The molecule has 1 aliphatic heterocycles. The Hall–Kier alpha value is -1.95. The molecular weight excluding hydrogens is 256 g/mol. The van der Waals surface area contributed by atoms with Gasteiger partial charge in [-0.3, -0.25) is 10.1 Å². The third-order valence-electron chi connectivity index (χ3n) is 3.66. The summed E-state index contributed by atoms with van der Waals surface area (Å²) >= 11 is 0. The Balaban J connectivity index is 1.74. The van der Waals surface area contributed by atoms with Gasteiger partial charge in [-0.05, 0) is 31.4 Å². The maximum absolute atomic E-state index is 12.3. The summed E-state index contributed by atoms with van der Waals surface area (Å²) in [6.07, 6.45) is 4.43. The van der Waals surface area contributed by atoms with Crippen molar-refractivity contribution in [1.82, 2.24) is 14.6 Å². The monoisotopic (exact) mass is 274 g/mol. The predicted octanol–water partition coefficient (Wildman–Crippen LogP) is 1.87. The number of hydrogen-bond donors (Lipinski definition) is 1. The van der Waals surface area contributed by atoms with Crippen molar-refractivity contribution in [3.63, 3.8) is 0 Å². The lowest BCUT2D eigenvalue weighted by Gasteiger charge is -2.29. The van der Waals surface area contributed by atoms with Crippen molar-refractivity contribution in [3.05, 3.63) is 24.4 Å². The normalized spacial score (nSPS) is 22.9. The zero-order valence-corrected chi connectivity index (χ0v) is 11.5. The van der Waals surface area contributed by atoms with Crippen LogP contribution in [0.4, 0.5) is 5.95 Å². The van der Waals surface area contributed by atoms with Gasteiger partial charge in [0.25, 0.3) is 0 Å². The highest BCUT2D eigenvalue weighted by Crippen LogP contribution is 2.24. The molecule has 0 saturated carbocycles. The third kappa shape index (κ3) is 2.51. The fraction of sp³-hybridized carbons (Fsp3) is 0.500. The molecule has 0 aromatic carbocycles. The smallest absolute Gasteiger partial charge is 0.249 e. The van der Waals surface area contributed by atoms with E-state index < -0.39 is 0 Å². The van der Waals surface area contributed by atoms with Gasteiger partial charge in [-0.1, -0.05) is 13.0 Å². The molecule has 3 heterocycles. The molecule has 2 atom stereocenters. The Kier molecular flexibility index (Phi) is 3.64. The van der Waals surface area contributed by atoms with Gasteiger partial charge >= 0.3 is 0 Å². The molecule has 6 heteroatoms. The van der Waals surface area contributed by atoms with Gasteiger partial charge in [0.15, 0.2) is 5.65 Å². The molecule has 6 nitrogen and oxygen atoms in total. The van der Waals surface area contributed by atoms with E-state index >= 15 is 0 Å². The fourth-order valence-corrected chi connectivity index (χ4v) is 2.63. The second kappa shape index (κ2) is 5.58. The van der Waals surface area contributed by atoms with Gasteiger partial charge in [0, 0.05) is 12.8 Å². The van der Waals surface area contributed by atoms with Gasteiger partial charge in [-0.2, -0.15) is 4.98 Å². The number of pyridine rings is 1. The van der Waals surface area contributed by atoms with Crippen LogP contribution in [-0.4, -0.2) is 33.2 Å². The van der Waals surface area contributed by atoms with E-state index in [1.165, 1.54) is 0 Å². The first-order chi connectivity index (χ1) is 9.78. The Morgan fingerprint density at radius 1 is 1.55 bits per heavy atom. The molecule has 1 aliphatic rings. The molecule has 1 fully saturated rings. The van der Waals surface area contributed by atoms with Crippen molar-refractivity contribution in [2.24, 2.45) is 5.92 Å². The van der Waals surface area contributed by atoms with Crippen molar-refractivity contribution >= 4 is 17.5 Å². The summed E-state index contributed by atoms with van der Waals surface area (Å²) in [5.41, 5.74) is 0.717. The molecule has 0 spiro atoms. The van der Waals surface area contributed by atoms with E-state index in [4.69, 9.17) is 4.74 Å². The van der Waals surface area contributed by atoms with Crippen LogP contribution in [0.1, 0.15) is 26.2 Å². The van der Waals surface area contributed by atoms with Gasteiger partial charge in [-0.15, -0.1) is 5.10 Å². The Morgan fingerprint density at radius 3 is 3.25 bits per heavy atom. The van der Waals surface area contributed by atoms with Crippen molar-refractivity contribution < 1.29 is 9.53 Å². The Labute approximate surface area is 117 Å². The van der Waals surface area contributed by atoms with Gasteiger partial charge < -0.3 is 4.74 Å². The summed E-state index contributed by atoms with van der Waals surface area (Å²) in [5, 5.41) is 7.03. The summed E-state index contributed by atoms with van der Waals surface area (Å²) in [6.45, 7) is 2.79. The molecule has 0 aliphatic carbocycles. The highest BCUT2D eigenvalue weighted by Gasteiger charge is 2.31. The van der Waals surface area contributed by atoms with E-state index in [1.807, 2.05) is 25.1 Å². The molecular formula is C14H18N4O2.